The van der Waals surface area contributed by atoms with Crippen LogP contribution in [0.15, 0.2) is 17.3 Å². The molecule has 0 spiro atoms. The summed E-state index contributed by atoms with van der Waals surface area (Å²) in [6.07, 6.45) is 3.67. The van der Waals surface area contributed by atoms with E-state index in [1.807, 2.05) is 6.92 Å². The van der Waals surface area contributed by atoms with Gasteiger partial charge in [-0.1, -0.05) is 30.8 Å². The van der Waals surface area contributed by atoms with Gasteiger partial charge in [-0.25, -0.2) is 9.97 Å². The summed E-state index contributed by atoms with van der Waals surface area (Å²) in [5.41, 5.74) is 8.74. The summed E-state index contributed by atoms with van der Waals surface area (Å²) in [5.74, 6) is 2.06. The van der Waals surface area contributed by atoms with Crippen LogP contribution in [0, 0.1) is 0 Å². The molecule has 2 heterocycles. The molecule has 0 unspecified atom stereocenters. The fourth-order valence-corrected chi connectivity index (χ4v) is 4.84. The molecule has 1 aliphatic carbocycles. The third kappa shape index (κ3) is 2.44. The quantitative estimate of drug-likeness (QED) is 0.519. The molecule has 2 N–H and O–H groups in total. The highest BCUT2D eigenvalue weighted by atomic mass is 32.2. The normalized spacial score (nSPS) is 18.2. The molecule has 1 atom stereocenters. The third-order valence-corrected chi connectivity index (χ3v) is 5.89. The fourth-order valence-electron chi connectivity index (χ4n) is 2.75. The maximum atomic E-state index is 6.21. The van der Waals surface area contributed by atoms with Crippen molar-refractivity contribution in [2.24, 2.45) is 0 Å². The van der Waals surface area contributed by atoms with Gasteiger partial charge in [0.15, 0.2) is 5.16 Å². The number of nitrogens with two attached hydrogens (primary N) is 1. The van der Waals surface area contributed by atoms with Crippen LogP contribution in [0.1, 0.15) is 43.0 Å². The molecule has 0 saturated heterocycles. The maximum absolute atomic E-state index is 6.21. The van der Waals surface area contributed by atoms with Crippen LogP contribution in [0.5, 0.6) is 0 Å². The van der Waals surface area contributed by atoms with E-state index >= 15 is 0 Å². The molecule has 20 heavy (non-hydrogen) atoms. The molecule has 0 radical (unpaired) electrons. The van der Waals surface area contributed by atoms with Crippen molar-refractivity contribution in [2.75, 3.05) is 11.5 Å². The number of hydrogen-bond acceptors (Lipinski definition) is 5. The highest BCUT2D eigenvalue weighted by Crippen LogP contribution is 2.43. The van der Waals surface area contributed by atoms with Crippen molar-refractivity contribution in [2.45, 2.75) is 44.2 Å². The van der Waals surface area contributed by atoms with Crippen molar-refractivity contribution in [3.05, 3.63) is 22.6 Å². The van der Waals surface area contributed by atoms with E-state index < -0.39 is 0 Å². The van der Waals surface area contributed by atoms with Crippen LogP contribution in [0.4, 0.5) is 5.82 Å². The van der Waals surface area contributed by atoms with E-state index in [9.17, 15) is 0 Å². The van der Waals surface area contributed by atoms with Crippen LogP contribution in [0.3, 0.4) is 0 Å². The van der Waals surface area contributed by atoms with Gasteiger partial charge in [0.1, 0.15) is 10.6 Å². The zero-order valence-electron chi connectivity index (χ0n) is 11.9. The predicted molar refractivity (Wildman–Crippen MR) is 88.7 cm³/mol. The van der Waals surface area contributed by atoms with Gasteiger partial charge in [-0.2, -0.15) is 0 Å². The van der Waals surface area contributed by atoms with Gasteiger partial charge in [0.2, 0.25) is 0 Å². The summed E-state index contributed by atoms with van der Waals surface area (Å²) >= 11 is 3.41. The average molecular weight is 305 g/mol. The third-order valence-electron chi connectivity index (χ3n) is 3.65. The number of aromatic nitrogens is 2. The smallest absolute Gasteiger partial charge is 0.191 e. The number of aryl methyl sites for hydroxylation is 1. The minimum atomic E-state index is 0.576. The van der Waals surface area contributed by atoms with Crippen molar-refractivity contribution in [1.82, 2.24) is 9.97 Å². The Morgan fingerprint density at radius 3 is 3.05 bits per heavy atom. The molecule has 3 nitrogen and oxygen atoms in total. The number of anilines is 1. The van der Waals surface area contributed by atoms with E-state index in [1.54, 1.807) is 23.1 Å². The molecule has 1 aliphatic rings. The van der Waals surface area contributed by atoms with Crippen molar-refractivity contribution in [3.63, 3.8) is 0 Å². The zero-order valence-corrected chi connectivity index (χ0v) is 13.5. The van der Waals surface area contributed by atoms with Crippen molar-refractivity contribution in [1.29, 1.82) is 0 Å². The topological polar surface area (TPSA) is 51.8 Å². The summed E-state index contributed by atoms with van der Waals surface area (Å²) in [6.45, 7) is 8.21. The number of thiophene rings is 1. The van der Waals surface area contributed by atoms with Gasteiger partial charge in [0, 0.05) is 10.6 Å². The van der Waals surface area contributed by atoms with E-state index in [4.69, 9.17) is 10.7 Å². The molecule has 2 aromatic heterocycles. The first kappa shape index (κ1) is 13.9. The van der Waals surface area contributed by atoms with Gasteiger partial charge in [0.05, 0.1) is 5.39 Å². The summed E-state index contributed by atoms with van der Waals surface area (Å²) < 4.78 is 0. The molecule has 0 aliphatic heterocycles. The number of thioether (sulfide) groups is 1. The molecule has 0 fully saturated rings. The first-order valence-corrected chi connectivity index (χ1v) is 8.72. The van der Waals surface area contributed by atoms with Gasteiger partial charge < -0.3 is 5.73 Å². The minimum absolute atomic E-state index is 0.576. The number of nitrogen functional groups attached to an aromatic ring is 1. The zero-order chi connectivity index (χ0) is 14.3. The minimum Gasteiger partial charge on any atom is -0.383 e. The van der Waals surface area contributed by atoms with Crippen molar-refractivity contribution in [3.8, 4) is 0 Å². The molecule has 0 amide bonds. The lowest BCUT2D eigenvalue weighted by Gasteiger charge is -2.18. The first-order chi connectivity index (χ1) is 9.56. The van der Waals surface area contributed by atoms with E-state index in [1.165, 1.54) is 23.3 Å². The Balaban J connectivity index is 2.07. The maximum Gasteiger partial charge on any atom is 0.191 e. The van der Waals surface area contributed by atoms with Gasteiger partial charge in [-0.3, -0.25) is 0 Å². The van der Waals surface area contributed by atoms with E-state index in [0.717, 1.165) is 33.1 Å². The van der Waals surface area contributed by atoms with Crippen LogP contribution in [0.25, 0.3) is 10.2 Å². The summed E-state index contributed by atoms with van der Waals surface area (Å²) in [6, 6.07) is 0. The van der Waals surface area contributed by atoms with Crippen LogP contribution in [0.2, 0.25) is 0 Å². The lowest BCUT2D eigenvalue weighted by atomic mass is 9.87. The van der Waals surface area contributed by atoms with Crippen molar-refractivity contribution >= 4 is 39.1 Å². The summed E-state index contributed by atoms with van der Waals surface area (Å²) in [7, 11) is 0. The van der Waals surface area contributed by atoms with Gasteiger partial charge >= 0.3 is 0 Å². The largest absolute Gasteiger partial charge is 0.383 e. The second-order valence-corrected chi connectivity index (χ2v) is 7.58. The predicted octanol–water partition coefficient (Wildman–Crippen LogP) is 4.38. The molecule has 0 saturated carbocycles. The standard InChI is InChI=1S/C15H19N3S2/c1-8(2)7-19-15-17-13(16)12-11-9(3)5-4-6-10(11)20-14(12)18-15/h9H,1,4-7H2,2-3H3,(H2,16,17,18)/t9-/m1/s1. The molecule has 5 heteroatoms. The van der Waals surface area contributed by atoms with E-state index in [-0.39, 0.29) is 0 Å². The molecule has 0 bridgehead atoms. The molecule has 3 rings (SSSR count). The highest BCUT2D eigenvalue weighted by Gasteiger charge is 2.24. The lowest BCUT2D eigenvalue weighted by Crippen LogP contribution is -2.05. The van der Waals surface area contributed by atoms with Crippen LogP contribution in [-0.2, 0) is 6.42 Å². The SMILES string of the molecule is C=C(C)CSc1nc(N)c2c3c(sc2n1)CCC[C@H]3C. The molecule has 2 aromatic rings. The van der Waals surface area contributed by atoms with Crippen LogP contribution < -0.4 is 5.73 Å². The number of nitrogens with zero attached hydrogens (tertiary/aromatic N) is 2. The Morgan fingerprint density at radius 2 is 2.30 bits per heavy atom. The summed E-state index contributed by atoms with van der Waals surface area (Å²) in [5, 5.41) is 1.88. The Bertz CT molecular complexity index is 675. The first-order valence-electron chi connectivity index (χ1n) is 6.92. The number of rotatable bonds is 3. The number of hydrogen-bond donors (Lipinski definition) is 1. The molecule has 0 aromatic carbocycles. The fraction of sp³-hybridized carbons (Fsp3) is 0.467. The average Bonchev–Trinajstić information content (AvgIpc) is 2.76. The Morgan fingerprint density at radius 1 is 1.50 bits per heavy atom. The second-order valence-electron chi connectivity index (χ2n) is 5.55. The van der Waals surface area contributed by atoms with Crippen molar-refractivity contribution < 1.29 is 0 Å². The Hall–Kier alpha value is -1.07. The Kier molecular flexibility index (Phi) is 3.73. The monoisotopic (exact) mass is 305 g/mol. The molecular weight excluding hydrogens is 286 g/mol. The Labute approximate surface area is 127 Å². The van der Waals surface area contributed by atoms with Gasteiger partial charge in [-0.05, 0) is 37.7 Å². The molecule has 106 valence electrons. The van der Waals surface area contributed by atoms with Gasteiger partial charge in [-0.15, -0.1) is 11.3 Å². The molecular formula is C15H19N3S2. The lowest BCUT2D eigenvalue weighted by molar-refractivity contribution is 0.602. The summed E-state index contributed by atoms with van der Waals surface area (Å²) in [4.78, 5) is 11.7. The highest BCUT2D eigenvalue weighted by molar-refractivity contribution is 7.99. The van der Waals surface area contributed by atoms with E-state index in [2.05, 4.69) is 18.5 Å². The van der Waals surface area contributed by atoms with E-state index in [0.29, 0.717) is 11.7 Å². The van der Waals surface area contributed by atoms with Crippen LogP contribution in [-0.4, -0.2) is 15.7 Å². The second kappa shape index (κ2) is 5.37. The van der Waals surface area contributed by atoms with Crippen LogP contribution >= 0.6 is 23.1 Å². The number of fused-ring (bicyclic) bond motifs is 3. The van der Waals surface area contributed by atoms with Gasteiger partial charge in [0.25, 0.3) is 0 Å².